The summed E-state index contributed by atoms with van der Waals surface area (Å²) in [5, 5.41) is 5.35. The van der Waals surface area contributed by atoms with E-state index in [9.17, 15) is 4.79 Å². The molecule has 0 radical (unpaired) electrons. The van der Waals surface area contributed by atoms with Crippen molar-refractivity contribution >= 4 is 29.1 Å². The number of nitrogens with one attached hydrogen (secondary N) is 1. The van der Waals surface area contributed by atoms with E-state index in [0.717, 1.165) is 12.0 Å². The van der Waals surface area contributed by atoms with Crippen LogP contribution in [-0.4, -0.2) is 5.91 Å². The van der Waals surface area contributed by atoms with Crippen LogP contribution in [0.25, 0.3) is 10.8 Å². The fourth-order valence-corrected chi connectivity index (χ4v) is 2.90. The van der Waals surface area contributed by atoms with E-state index in [4.69, 9.17) is 5.73 Å². The van der Waals surface area contributed by atoms with Gasteiger partial charge in [0.15, 0.2) is 0 Å². The first-order valence-electron chi connectivity index (χ1n) is 7.31. The molecule has 0 fully saturated rings. The minimum Gasteiger partial charge on any atom is -0.369 e. The molecule has 0 aromatic heterocycles. The third-order valence-electron chi connectivity index (χ3n) is 3.88. The molecule has 23 heavy (non-hydrogen) atoms. The summed E-state index contributed by atoms with van der Waals surface area (Å²) in [4.78, 5) is 11.3. The van der Waals surface area contributed by atoms with Crippen LogP contribution in [0.4, 0.5) is 0 Å². The van der Waals surface area contributed by atoms with Crippen LogP contribution in [0, 0.1) is 0 Å². The number of carbonyl (C=O) groups excluding carboxylic acids is 1. The van der Waals surface area contributed by atoms with Crippen LogP contribution >= 0.6 is 12.4 Å². The van der Waals surface area contributed by atoms with Gasteiger partial charge in [-0.3, -0.25) is 4.79 Å². The highest BCUT2D eigenvalue weighted by Crippen LogP contribution is 2.37. The van der Waals surface area contributed by atoms with Crippen molar-refractivity contribution in [3.05, 3.63) is 84.2 Å². The topological polar surface area (TPSA) is 55.1 Å². The van der Waals surface area contributed by atoms with Crippen molar-refractivity contribution in [1.82, 2.24) is 5.32 Å². The number of benzene rings is 2. The molecule has 2 aromatic rings. The van der Waals surface area contributed by atoms with Crippen molar-refractivity contribution in [1.29, 1.82) is 0 Å². The van der Waals surface area contributed by atoms with Crippen LogP contribution in [0.2, 0.25) is 0 Å². The minimum atomic E-state index is -0.223. The highest BCUT2D eigenvalue weighted by molar-refractivity contribution is 5.97. The molecule has 1 aliphatic heterocycles. The molecule has 118 valence electrons. The van der Waals surface area contributed by atoms with Crippen LogP contribution in [-0.2, 0) is 11.2 Å². The smallest absolute Gasteiger partial charge is 0.225 e. The van der Waals surface area contributed by atoms with E-state index in [0.29, 0.717) is 0 Å². The van der Waals surface area contributed by atoms with E-state index >= 15 is 0 Å². The number of carbonyl (C=O) groups is 1. The Hall–Kier alpha value is -2.52. The highest BCUT2D eigenvalue weighted by atomic mass is 35.5. The lowest BCUT2D eigenvalue weighted by Crippen LogP contribution is -2.20. The van der Waals surface area contributed by atoms with E-state index < -0.39 is 0 Å². The van der Waals surface area contributed by atoms with Crippen molar-refractivity contribution < 1.29 is 4.79 Å². The van der Waals surface area contributed by atoms with Crippen LogP contribution in [0.1, 0.15) is 17.0 Å². The Morgan fingerprint density at radius 1 is 1.00 bits per heavy atom. The quantitative estimate of drug-likeness (QED) is 0.842. The van der Waals surface area contributed by atoms with E-state index in [1.807, 2.05) is 54.9 Å². The maximum atomic E-state index is 11.3. The van der Waals surface area contributed by atoms with Crippen molar-refractivity contribution in [3.8, 4) is 0 Å². The van der Waals surface area contributed by atoms with Gasteiger partial charge in [0, 0.05) is 12.4 Å². The number of hydrogen-bond acceptors (Lipinski definition) is 2. The number of primary amides is 1. The SMILES string of the molecule is C1=CC=CNC=C1.Cl.NC(=O)C1Cc2cccc3cccc1c23. The molecule has 0 saturated carbocycles. The van der Waals surface area contributed by atoms with Crippen LogP contribution in [0.15, 0.2) is 73.1 Å². The zero-order valence-electron chi connectivity index (χ0n) is 12.6. The van der Waals surface area contributed by atoms with E-state index in [1.165, 1.54) is 16.3 Å². The maximum Gasteiger partial charge on any atom is 0.225 e. The number of hydrogen-bond donors (Lipinski definition) is 2. The Kier molecular flexibility index (Phi) is 5.61. The lowest BCUT2D eigenvalue weighted by molar-refractivity contribution is -0.119. The molecule has 0 saturated heterocycles. The second-order valence-electron chi connectivity index (χ2n) is 5.29. The van der Waals surface area contributed by atoms with Crippen LogP contribution in [0.5, 0.6) is 0 Å². The standard InChI is InChI=1S/C13H11NO.C6H7N.ClH/c14-13(15)11-7-9-5-1-3-8-4-2-6-10(11)12(8)9;1-2-4-6-7-5-3-1;/h1-6,11H,7H2,(H2,14,15);1-7H;1H. The van der Waals surface area contributed by atoms with Crippen molar-refractivity contribution in [3.63, 3.8) is 0 Å². The van der Waals surface area contributed by atoms with Gasteiger partial charge in [0.2, 0.25) is 5.91 Å². The minimum absolute atomic E-state index is 0. The van der Waals surface area contributed by atoms with Gasteiger partial charge in [0.05, 0.1) is 5.92 Å². The monoisotopic (exact) mass is 326 g/mol. The summed E-state index contributed by atoms with van der Waals surface area (Å²) >= 11 is 0. The van der Waals surface area contributed by atoms with Crippen molar-refractivity contribution in [2.45, 2.75) is 12.3 Å². The fourth-order valence-electron chi connectivity index (χ4n) is 2.90. The molecular formula is C19H19ClN2O. The molecule has 3 nitrogen and oxygen atoms in total. The van der Waals surface area contributed by atoms with Crippen molar-refractivity contribution in [2.24, 2.45) is 5.73 Å². The summed E-state index contributed by atoms with van der Waals surface area (Å²) in [6, 6.07) is 12.3. The molecule has 0 spiro atoms. The average molecular weight is 327 g/mol. The molecule has 1 amide bonds. The second-order valence-corrected chi connectivity index (χ2v) is 5.29. The lowest BCUT2D eigenvalue weighted by Gasteiger charge is -2.05. The molecule has 3 N–H and O–H groups in total. The van der Waals surface area contributed by atoms with Gasteiger partial charge < -0.3 is 11.1 Å². The van der Waals surface area contributed by atoms with Gasteiger partial charge in [0.25, 0.3) is 0 Å². The largest absolute Gasteiger partial charge is 0.369 e. The van der Waals surface area contributed by atoms with E-state index in [-0.39, 0.29) is 24.2 Å². The number of amides is 1. The molecule has 1 heterocycles. The molecule has 1 atom stereocenters. The predicted molar refractivity (Wildman–Crippen MR) is 97.4 cm³/mol. The Labute approximate surface area is 142 Å². The first kappa shape index (κ1) is 16.8. The maximum absolute atomic E-state index is 11.3. The molecular weight excluding hydrogens is 308 g/mol. The number of halogens is 1. The molecule has 1 aliphatic carbocycles. The Morgan fingerprint density at radius 2 is 1.65 bits per heavy atom. The van der Waals surface area contributed by atoms with Gasteiger partial charge in [-0.25, -0.2) is 0 Å². The van der Waals surface area contributed by atoms with E-state index in [1.54, 1.807) is 0 Å². The summed E-state index contributed by atoms with van der Waals surface area (Å²) in [7, 11) is 0. The second kappa shape index (κ2) is 7.65. The van der Waals surface area contributed by atoms with Gasteiger partial charge >= 0.3 is 0 Å². The van der Waals surface area contributed by atoms with Crippen LogP contribution < -0.4 is 11.1 Å². The molecule has 4 heteroatoms. The number of rotatable bonds is 1. The highest BCUT2D eigenvalue weighted by Gasteiger charge is 2.27. The van der Waals surface area contributed by atoms with Crippen molar-refractivity contribution in [2.75, 3.05) is 0 Å². The summed E-state index contributed by atoms with van der Waals surface area (Å²) in [5.74, 6) is -0.357. The average Bonchev–Trinajstić information content (AvgIpc) is 2.73. The number of allylic oxidation sites excluding steroid dienone is 4. The van der Waals surface area contributed by atoms with E-state index in [2.05, 4.69) is 23.5 Å². The molecule has 4 rings (SSSR count). The van der Waals surface area contributed by atoms with Gasteiger partial charge in [-0.2, -0.15) is 0 Å². The molecule has 2 aliphatic rings. The van der Waals surface area contributed by atoms with Gasteiger partial charge in [-0.15, -0.1) is 12.4 Å². The third-order valence-corrected chi connectivity index (χ3v) is 3.88. The Morgan fingerprint density at radius 3 is 2.30 bits per heavy atom. The summed E-state index contributed by atoms with van der Waals surface area (Å²) < 4.78 is 0. The van der Waals surface area contributed by atoms with Gasteiger partial charge in [-0.1, -0.05) is 48.6 Å². The third kappa shape index (κ3) is 3.63. The first-order valence-corrected chi connectivity index (χ1v) is 7.31. The lowest BCUT2D eigenvalue weighted by atomic mass is 10.00. The Balaban J connectivity index is 0.000000205. The van der Waals surface area contributed by atoms with Gasteiger partial charge in [-0.05, 0) is 40.5 Å². The predicted octanol–water partition coefficient (Wildman–Crippen LogP) is 3.56. The molecule has 0 bridgehead atoms. The summed E-state index contributed by atoms with van der Waals surface area (Å²) in [5.41, 5.74) is 7.75. The van der Waals surface area contributed by atoms with Crippen LogP contribution in [0.3, 0.4) is 0 Å². The normalized spacial score (nSPS) is 16.8. The van der Waals surface area contributed by atoms with Gasteiger partial charge in [0.1, 0.15) is 0 Å². The molecule has 1 unspecified atom stereocenters. The first-order chi connectivity index (χ1) is 10.8. The summed E-state index contributed by atoms with van der Waals surface area (Å²) in [6.07, 6.45) is 12.3. The summed E-state index contributed by atoms with van der Waals surface area (Å²) in [6.45, 7) is 0. The fraction of sp³-hybridized carbons (Fsp3) is 0.105. The zero-order chi connectivity index (χ0) is 15.4. The Bertz CT molecular complexity index is 774. The zero-order valence-corrected chi connectivity index (χ0v) is 13.4. The number of nitrogens with two attached hydrogens (primary N) is 1. The molecule has 2 aromatic carbocycles.